The highest BCUT2D eigenvalue weighted by Gasteiger charge is 2.26. The summed E-state index contributed by atoms with van der Waals surface area (Å²) >= 11 is 0. The molecule has 0 aromatic rings. The van der Waals surface area contributed by atoms with Gasteiger partial charge in [-0.25, -0.2) is 0 Å². The van der Waals surface area contributed by atoms with Gasteiger partial charge in [0.2, 0.25) is 5.91 Å². The Kier molecular flexibility index (Phi) is 4.97. The van der Waals surface area contributed by atoms with Gasteiger partial charge in [-0.05, 0) is 31.1 Å². The highest BCUT2D eigenvalue weighted by atomic mass is 16.5. The summed E-state index contributed by atoms with van der Waals surface area (Å²) in [6, 6.07) is 0. The van der Waals surface area contributed by atoms with Crippen molar-refractivity contribution < 1.29 is 14.3 Å². The van der Waals surface area contributed by atoms with Crippen molar-refractivity contribution in [1.82, 2.24) is 4.90 Å². The third-order valence-corrected chi connectivity index (χ3v) is 4.67. The number of Topliss-reactive ketones (excluding diaryl/α,β-unsaturated/α-hetero) is 1. The molecule has 1 amide bonds. The minimum absolute atomic E-state index is 0.0405. The van der Waals surface area contributed by atoms with E-state index in [9.17, 15) is 9.59 Å². The molecule has 19 heavy (non-hydrogen) atoms. The third kappa shape index (κ3) is 4.03. The van der Waals surface area contributed by atoms with Gasteiger partial charge >= 0.3 is 0 Å². The first kappa shape index (κ1) is 14.5. The van der Waals surface area contributed by atoms with E-state index >= 15 is 0 Å². The van der Waals surface area contributed by atoms with Crippen LogP contribution in [0.3, 0.4) is 0 Å². The Labute approximate surface area is 115 Å². The number of carbonyl (C=O) groups is 2. The van der Waals surface area contributed by atoms with E-state index in [1.807, 2.05) is 0 Å². The molecule has 0 aromatic carbocycles. The summed E-state index contributed by atoms with van der Waals surface area (Å²) in [6.45, 7) is 5.87. The summed E-state index contributed by atoms with van der Waals surface area (Å²) in [5.74, 6) is 1.75. The number of ketones is 1. The molecule has 2 rings (SSSR count). The standard InChI is InChI=1S/C15H25NO3/c1-11-3-4-14(9-12(11)2)19-10-15(18)16-7-5-13(17)6-8-16/h11-12,14H,3-10H2,1-2H3. The van der Waals surface area contributed by atoms with Crippen LogP contribution in [-0.4, -0.2) is 42.4 Å². The number of likely N-dealkylation sites (tertiary alicyclic amines) is 1. The van der Waals surface area contributed by atoms with Crippen LogP contribution in [0.2, 0.25) is 0 Å². The summed E-state index contributed by atoms with van der Waals surface area (Å²) in [6.07, 6.45) is 4.57. The van der Waals surface area contributed by atoms with Gasteiger partial charge in [0.25, 0.3) is 0 Å². The van der Waals surface area contributed by atoms with Crippen LogP contribution in [0.25, 0.3) is 0 Å². The quantitative estimate of drug-likeness (QED) is 0.786. The molecule has 1 aliphatic carbocycles. The average Bonchev–Trinajstić information content (AvgIpc) is 2.40. The number of nitrogens with zero attached hydrogens (tertiary/aromatic N) is 1. The summed E-state index contributed by atoms with van der Waals surface area (Å²) in [5, 5.41) is 0. The van der Waals surface area contributed by atoms with Crippen LogP contribution >= 0.6 is 0 Å². The van der Waals surface area contributed by atoms with E-state index in [0.717, 1.165) is 18.8 Å². The van der Waals surface area contributed by atoms with Crippen molar-refractivity contribution in [3.05, 3.63) is 0 Å². The fraction of sp³-hybridized carbons (Fsp3) is 0.867. The van der Waals surface area contributed by atoms with E-state index in [0.29, 0.717) is 31.8 Å². The van der Waals surface area contributed by atoms with Crippen molar-refractivity contribution in [3.63, 3.8) is 0 Å². The van der Waals surface area contributed by atoms with Crippen molar-refractivity contribution in [3.8, 4) is 0 Å². The molecule has 2 aliphatic rings. The van der Waals surface area contributed by atoms with E-state index in [4.69, 9.17) is 4.74 Å². The topological polar surface area (TPSA) is 46.6 Å². The van der Waals surface area contributed by atoms with Gasteiger partial charge in [-0.15, -0.1) is 0 Å². The van der Waals surface area contributed by atoms with Gasteiger partial charge in [-0.2, -0.15) is 0 Å². The lowest BCUT2D eigenvalue weighted by atomic mass is 9.80. The third-order valence-electron chi connectivity index (χ3n) is 4.67. The summed E-state index contributed by atoms with van der Waals surface area (Å²) in [4.78, 5) is 24.9. The normalized spacial score (nSPS) is 32.4. The molecule has 0 spiro atoms. The predicted molar refractivity (Wildman–Crippen MR) is 72.7 cm³/mol. The maximum absolute atomic E-state index is 12.0. The second kappa shape index (κ2) is 6.51. The molecule has 0 radical (unpaired) electrons. The summed E-state index contributed by atoms with van der Waals surface area (Å²) < 4.78 is 5.77. The second-order valence-electron chi connectivity index (χ2n) is 6.12. The predicted octanol–water partition coefficient (Wildman–Crippen LogP) is 2.02. The van der Waals surface area contributed by atoms with Crippen molar-refractivity contribution >= 4 is 11.7 Å². The Morgan fingerprint density at radius 1 is 1.21 bits per heavy atom. The average molecular weight is 267 g/mol. The Morgan fingerprint density at radius 2 is 1.89 bits per heavy atom. The van der Waals surface area contributed by atoms with E-state index in [2.05, 4.69) is 13.8 Å². The molecule has 1 saturated heterocycles. The first-order valence-corrected chi connectivity index (χ1v) is 7.47. The molecule has 108 valence electrons. The number of rotatable bonds is 3. The zero-order chi connectivity index (χ0) is 13.8. The summed E-state index contributed by atoms with van der Waals surface area (Å²) in [5.41, 5.74) is 0. The minimum atomic E-state index is 0.0405. The van der Waals surface area contributed by atoms with E-state index in [1.165, 1.54) is 6.42 Å². The van der Waals surface area contributed by atoms with Gasteiger partial charge in [-0.3, -0.25) is 9.59 Å². The van der Waals surface area contributed by atoms with E-state index < -0.39 is 0 Å². The Hall–Kier alpha value is -0.900. The zero-order valence-corrected chi connectivity index (χ0v) is 12.1. The molecule has 2 fully saturated rings. The molecule has 0 aromatic heterocycles. The lowest BCUT2D eigenvalue weighted by Crippen LogP contribution is -2.41. The van der Waals surface area contributed by atoms with Crippen LogP contribution in [0.5, 0.6) is 0 Å². The van der Waals surface area contributed by atoms with Crippen LogP contribution in [0, 0.1) is 11.8 Å². The van der Waals surface area contributed by atoms with Crippen LogP contribution < -0.4 is 0 Å². The van der Waals surface area contributed by atoms with Crippen LogP contribution in [0.4, 0.5) is 0 Å². The second-order valence-corrected chi connectivity index (χ2v) is 6.12. The molecule has 1 saturated carbocycles. The largest absolute Gasteiger partial charge is 0.368 e. The molecule has 4 heteroatoms. The first-order chi connectivity index (χ1) is 9.06. The van der Waals surface area contributed by atoms with Crippen LogP contribution in [0.15, 0.2) is 0 Å². The number of amides is 1. The van der Waals surface area contributed by atoms with Gasteiger partial charge in [-0.1, -0.05) is 13.8 Å². The Balaban J connectivity index is 1.70. The number of hydrogen-bond donors (Lipinski definition) is 0. The van der Waals surface area contributed by atoms with Crippen molar-refractivity contribution in [1.29, 1.82) is 0 Å². The number of carbonyl (C=O) groups excluding carboxylic acids is 2. The molecule has 3 atom stereocenters. The van der Waals surface area contributed by atoms with Gasteiger partial charge in [0, 0.05) is 25.9 Å². The SMILES string of the molecule is CC1CCC(OCC(=O)N2CCC(=O)CC2)CC1C. The highest BCUT2D eigenvalue weighted by molar-refractivity contribution is 5.83. The molecule has 3 unspecified atom stereocenters. The number of piperidine rings is 1. The fourth-order valence-corrected chi connectivity index (χ4v) is 2.94. The van der Waals surface area contributed by atoms with E-state index in [1.54, 1.807) is 4.90 Å². The molecule has 1 heterocycles. The zero-order valence-electron chi connectivity index (χ0n) is 12.1. The lowest BCUT2D eigenvalue weighted by molar-refractivity contribution is -0.141. The van der Waals surface area contributed by atoms with E-state index in [-0.39, 0.29) is 24.4 Å². The van der Waals surface area contributed by atoms with Gasteiger partial charge in [0.05, 0.1) is 6.10 Å². The number of hydrogen-bond acceptors (Lipinski definition) is 3. The fourth-order valence-electron chi connectivity index (χ4n) is 2.94. The molecule has 0 bridgehead atoms. The van der Waals surface area contributed by atoms with Gasteiger partial charge in [0.15, 0.2) is 0 Å². The molecule has 1 aliphatic heterocycles. The maximum Gasteiger partial charge on any atom is 0.248 e. The maximum atomic E-state index is 12.0. The van der Waals surface area contributed by atoms with Crippen molar-refractivity contribution in [2.75, 3.05) is 19.7 Å². The highest BCUT2D eigenvalue weighted by Crippen LogP contribution is 2.30. The van der Waals surface area contributed by atoms with Gasteiger partial charge in [0.1, 0.15) is 12.4 Å². The molecule has 0 N–H and O–H groups in total. The Bertz CT molecular complexity index is 332. The van der Waals surface area contributed by atoms with Crippen LogP contribution in [-0.2, 0) is 14.3 Å². The minimum Gasteiger partial charge on any atom is -0.368 e. The smallest absolute Gasteiger partial charge is 0.248 e. The number of ether oxygens (including phenoxy) is 1. The Morgan fingerprint density at radius 3 is 2.53 bits per heavy atom. The van der Waals surface area contributed by atoms with Gasteiger partial charge < -0.3 is 9.64 Å². The summed E-state index contributed by atoms with van der Waals surface area (Å²) in [7, 11) is 0. The molecular weight excluding hydrogens is 242 g/mol. The molecule has 4 nitrogen and oxygen atoms in total. The van der Waals surface area contributed by atoms with Crippen molar-refractivity contribution in [2.45, 2.75) is 52.1 Å². The van der Waals surface area contributed by atoms with Crippen molar-refractivity contribution in [2.24, 2.45) is 11.8 Å². The monoisotopic (exact) mass is 267 g/mol. The lowest BCUT2D eigenvalue weighted by Gasteiger charge is -2.32. The molecular formula is C15H25NO3. The van der Waals surface area contributed by atoms with Crippen LogP contribution in [0.1, 0.15) is 46.0 Å². The first-order valence-electron chi connectivity index (χ1n) is 7.47.